The molecule has 94 valence electrons. The molecule has 0 bridgehead atoms. The van der Waals surface area contributed by atoms with E-state index in [9.17, 15) is 0 Å². The van der Waals surface area contributed by atoms with Crippen LogP contribution < -0.4 is 10.1 Å². The number of rotatable bonds is 4. The molecule has 1 aromatic carbocycles. The van der Waals surface area contributed by atoms with Gasteiger partial charge in [0.1, 0.15) is 10.8 Å². The van der Waals surface area contributed by atoms with Crippen LogP contribution in [0.15, 0.2) is 30.5 Å². The number of halogens is 2. The third-order valence-corrected chi connectivity index (χ3v) is 2.55. The van der Waals surface area contributed by atoms with Crippen molar-refractivity contribution in [1.29, 1.82) is 0 Å². The molecule has 1 N–H and O–H groups in total. The molecule has 0 aliphatic heterocycles. The number of ether oxygens (including phenoxy) is 1. The average Bonchev–Trinajstić information content (AvgIpc) is 2.34. The van der Waals surface area contributed by atoms with E-state index in [0.717, 1.165) is 6.54 Å². The average molecular weight is 284 g/mol. The van der Waals surface area contributed by atoms with Gasteiger partial charge in [0.05, 0.1) is 6.20 Å². The summed E-state index contributed by atoms with van der Waals surface area (Å²) in [4.78, 5) is 8.20. The quantitative estimate of drug-likeness (QED) is 0.921. The molecule has 0 saturated carbocycles. The topological polar surface area (TPSA) is 47.0 Å². The molecule has 0 aliphatic rings. The van der Waals surface area contributed by atoms with Crippen LogP contribution in [0.4, 0.5) is 5.95 Å². The molecule has 0 fully saturated rings. The first kappa shape index (κ1) is 12.9. The summed E-state index contributed by atoms with van der Waals surface area (Å²) in [6.07, 6.45) is 1.49. The second-order valence-corrected chi connectivity index (χ2v) is 4.28. The monoisotopic (exact) mass is 283 g/mol. The van der Waals surface area contributed by atoms with Crippen LogP contribution in [0.3, 0.4) is 0 Å². The predicted octanol–water partition coefficient (Wildman–Crippen LogP) is 4.01. The van der Waals surface area contributed by atoms with Gasteiger partial charge in [0.25, 0.3) is 0 Å². The second kappa shape index (κ2) is 5.89. The fourth-order valence-electron chi connectivity index (χ4n) is 1.31. The summed E-state index contributed by atoms with van der Waals surface area (Å²) in [5, 5.41) is 3.92. The molecule has 2 rings (SSSR count). The molecule has 18 heavy (non-hydrogen) atoms. The molecule has 2 aromatic rings. The third-order valence-electron chi connectivity index (χ3n) is 2.06. The lowest BCUT2D eigenvalue weighted by Crippen LogP contribution is -2.02. The fraction of sp³-hybridized carbons (Fsp3) is 0.167. The summed E-state index contributed by atoms with van der Waals surface area (Å²) >= 11 is 11.8. The smallest absolute Gasteiger partial charge is 0.243 e. The van der Waals surface area contributed by atoms with Crippen molar-refractivity contribution in [1.82, 2.24) is 9.97 Å². The largest absolute Gasteiger partial charge is 0.437 e. The van der Waals surface area contributed by atoms with Gasteiger partial charge in [0.15, 0.2) is 0 Å². The number of aromatic nitrogens is 2. The Bertz CT molecular complexity index is 549. The maximum Gasteiger partial charge on any atom is 0.243 e. The summed E-state index contributed by atoms with van der Waals surface area (Å²) in [5.74, 6) is 1.34. The molecule has 0 amide bonds. The van der Waals surface area contributed by atoms with Crippen molar-refractivity contribution in [3.63, 3.8) is 0 Å². The number of anilines is 1. The van der Waals surface area contributed by atoms with E-state index in [-0.39, 0.29) is 0 Å². The normalized spacial score (nSPS) is 10.2. The minimum Gasteiger partial charge on any atom is -0.437 e. The molecular formula is C12H11Cl2N3O. The van der Waals surface area contributed by atoms with Crippen molar-refractivity contribution in [3.05, 3.63) is 40.5 Å². The van der Waals surface area contributed by atoms with Crippen molar-refractivity contribution in [2.45, 2.75) is 6.92 Å². The SMILES string of the molecule is CCNc1ncc(Cl)c(Oc2cccc(Cl)c2)n1. The molecule has 1 aromatic heterocycles. The molecular weight excluding hydrogens is 273 g/mol. The molecule has 1 heterocycles. The highest BCUT2D eigenvalue weighted by Gasteiger charge is 2.07. The Labute approximate surface area is 115 Å². The van der Waals surface area contributed by atoms with E-state index >= 15 is 0 Å². The van der Waals surface area contributed by atoms with Crippen LogP contribution in [-0.2, 0) is 0 Å². The number of hydrogen-bond acceptors (Lipinski definition) is 4. The summed E-state index contributed by atoms with van der Waals surface area (Å²) in [6.45, 7) is 2.67. The van der Waals surface area contributed by atoms with Gasteiger partial charge in [0.2, 0.25) is 11.8 Å². The van der Waals surface area contributed by atoms with Gasteiger partial charge >= 0.3 is 0 Å². The van der Waals surface area contributed by atoms with E-state index in [1.54, 1.807) is 24.3 Å². The standard InChI is InChI=1S/C12H11Cl2N3O/c1-2-15-12-16-7-10(14)11(17-12)18-9-5-3-4-8(13)6-9/h3-7H,2H2,1H3,(H,15,16,17). The minimum absolute atomic E-state index is 0.296. The molecule has 0 saturated heterocycles. The lowest BCUT2D eigenvalue weighted by Gasteiger charge is -2.08. The molecule has 6 heteroatoms. The van der Waals surface area contributed by atoms with E-state index in [1.165, 1.54) is 6.20 Å². The van der Waals surface area contributed by atoms with Crippen molar-refractivity contribution >= 4 is 29.2 Å². The van der Waals surface area contributed by atoms with Crippen molar-refractivity contribution in [3.8, 4) is 11.6 Å². The summed E-state index contributed by atoms with van der Waals surface area (Å²) in [5.41, 5.74) is 0. The van der Waals surface area contributed by atoms with Gasteiger partial charge < -0.3 is 10.1 Å². The maximum atomic E-state index is 5.98. The number of benzene rings is 1. The third kappa shape index (κ3) is 3.24. The molecule has 0 aliphatic carbocycles. The van der Waals surface area contributed by atoms with Crippen LogP contribution in [0.2, 0.25) is 10.0 Å². The highest BCUT2D eigenvalue weighted by molar-refractivity contribution is 6.31. The maximum absolute atomic E-state index is 5.98. The van der Waals surface area contributed by atoms with Crippen molar-refractivity contribution in [2.24, 2.45) is 0 Å². The molecule has 0 unspecified atom stereocenters. The summed E-state index contributed by atoms with van der Waals surface area (Å²) < 4.78 is 5.57. The lowest BCUT2D eigenvalue weighted by molar-refractivity contribution is 0.462. The van der Waals surface area contributed by atoms with Crippen molar-refractivity contribution < 1.29 is 4.74 Å². The van der Waals surface area contributed by atoms with Crippen LogP contribution in [0.25, 0.3) is 0 Å². The predicted molar refractivity (Wildman–Crippen MR) is 72.7 cm³/mol. The highest BCUT2D eigenvalue weighted by Crippen LogP contribution is 2.28. The van der Waals surface area contributed by atoms with E-state index in [4.69, 9.17) is 27.9 Å². The molecule has 0 spiro atoms. The molecule has 4 nitrogen and oxygen atoms in total. The Balaban J connectivity index is 2.25. The Morgan fingerprint density at radius 2 is 2.17 bits per heavy atom. The van der Waals surface area contributed by atoms with E-state index in [2.05, 4.69) is 15.3 Å². The van der Waals surface area contributed by atoms with Gasteiger partial charge in [-0.25, -0.2) is 4.98 Å². The Hall–Kier alpha value is -1.52. The number of hydrogen-bond donors (Lipinski definition) is 1. The van der Waals surface area contributed by atoms with E-state index in [0.29, 0.717) is 27.6 Å². The van der Waals surface area contributed by atoms with Crippen LogP contribution >= 0.6 is 23.2 Å². The number of nitrogens with zero attached hydrogens (tertiary/aromatic N) is 2. The Morgan fingerprint density at radius 1 is 1.33 bits per heavy atom. The van der Waals surface area contributed by atoms with Gasteiger partial charge in [0, 0.05) is 11.6 Å². The minimum atomic E-state index is 0.296. The first-order chi connectivity index (χ1) is 8.69. The zero-order valence-electron chi connectivity index (χ0n) is 9.65. The van der Waals surface area contributed by atoms with Crippen LogP contribution in [0.5, 0.6) is 11.6 Å². The van der Waals surface area contributed by atoms with Crippen LogP contribution in [-0.4, -0.2) is 16.5 Å². The van der Waals surface area contributed by atoms with Gasteiger partial charge in [-0.2, -0.15) is 4.98 Å². The summed E-state index contributed by atoms with van der Waals surface area (Å²) in [6, 6.07) is 7.02. The second-order valence-electron chi connectivity index (χ2n) is 3.44. The number of nitrogens with one attached hydrogen (secondary N) is 1. The zero-order valence-corrected chi connectivity index (χ0v) is 11.2. The molecule has 0 atom stereocenters. The summed E-state index contributed by atoms with van der Waals surface area (Å²) in [7, 11) is 0. The van der Waals surface area contributed by atoms with Crippen molar-refractivity contribution in [2.75, 3.05) is 11.9 Å². The lowest BCUT2D eigenvalue weighted by atomic mass is 10.3. The highest BCUT2D eigenvalue weighted by atomic mass is 35.5. The fourth-order valence-corrected chi connectivity index (χ4v) is 1.62. The van der Waals surface area contributed by atoms with E-state index < -0.39 is 0 Å². The Morgan fingerprint density at radius 3 is 2.89 bits per heavy atom. The van der Waals surface area contributed by atoms with Gasteiger partial charge in [-0.1, -0.05) is 29.3 Å². The Kier molecular flexibility index (Phi) is 4.23. The van der Waals surface area contributed by atoms with Gasteiger partial charge in [-0.05, 0) is 25.1 Å². The zero-order chi connectivity index (χ0) is 13.0. The van der Waals surface area contributed by atoms with Gasteiger partial charge in [-0.15, -0.1) is 0 Å². The van der Waals surface area contributed by atoms with Crippen LogP contribution in [0.1, 0.15) is 6.92 Å². The van der Waals surface area contributed by atoms with E-state index in [1.807, 2.05) is 6.92 Å². The first-order valence-corrected chi connectivity index (χ1v) is 6.14. The molecule has 0 radical (unpaired) electrons. The van der Waals surface area contributed by atoms with Crippen LogP contribution in [0, 0.1) is 0 Å². The first-order valence-electron chi connectivity index (χ1n) is 5.39. The van der Waals surface area contributed by atoms with Gasteiger partial charge in [-0.3, -0.25) is 0 Å².